The summed E-state index contributed by atoms with van der Waals surface area (Å²) in [4.78, 5) is 22.9. The molecule has 0 aliphatic carbocycles. The Bertz CT molecular complexity index is 1070. The molecule has 0 aromatic heterocycles. The zero-order chi connectivity index (χ0) is 20.6. The molecule has 0 aliphatic heterocycles. The lowest BCUT2D eigenvalue weighted by atomic mass is 9.99. The molecule has 0 amide bonds. The van der Waals surface area contributed by atoms with Gasteiger partial charge in [-0.25, -0.2) is 4.79 Å². The number of ether oxygens (including phenoxy) is 1. The summed E-state index contributed by atoms with van der Waals surface area (Å²) in [5.41, 5.74) is 2.01. The third-order valence-corrected chi connectivity index (χ3v) is 4.18. The van der Waals surface area contributed by atoms with E-state index in [1.54, 1.807) is 0 Å². The number of anilines is 1. The van der Waals surface area contributed by atoms with E-state index in [-0.39, 0.29) is 11.3 Å². The maximum Gasteiger partial charge on any atom is 0.338 e. The molecular formula is C23H18N2O4. The molecule has 29 heavy (non-hydrogen) atoms. The quantitative estimate of drug-likeness (QED) is 0.300. The molecule has 3 aromatic rings. The lowest BCUT2D eigenvalue weighted by Crippen LogP contribution is -2.15. The Morgan fingerprint density at radius 3 is 2.31 bits per heavy atom. The fourth-order valence-corrected chi connectivity index (χ4v) is 2.77. The Morgan fingerprint density at radius 1 is 1.03 bits per heavy atom. The third kappa shape index (κ3) is 4.99. The molecule has 0 saturated carbocycles. The smallest absolute Gasteiger partial charge is 0.338 e. The Labute approximate surface area is 168 Å². The van der Waals surface area contributed by atoms with Gasteiger partial charge in [0.05, 0.1) is 17.6 Å². The normalized spacial score (nSPS) is 10.9. The lowest BCUT2D eigenvalue weighted by molar-refractivity contribution is -0.384. The topological polar surface area (TPSA) is 81.5 Å². The summed E-state index contributed by atoms with van der Waals surface area (Å²) in [5, 5.41) is 14.4. The molecule has 0 radical (unpaired) electrons. The average molecular weight is 386 g/mol. The van der Waals surface area contributed by atoms with Gasteiger partial charge in [-0.1, -0.05) is 48.2 Å². The second-order valence-corrected chi connectivity index (χ2v) is 6.10. The molecule has 6 nitrogen and oxygen atoms in total. The number of nitrogens with one attached hydrogen (secondary N) is 1. The van der Waals surface area contributed by atoms with Crippen LogP contribution in [0.5, 0.6) is 0 Å². The summed E-state index contributed by atoms with van der Waals surface area (Å²) >= 11 is 0. The minimum atomic E-state index is -0.662. The maximum atomic E-state index is 12.3. The van der Waals surface area contributed by atoms with Crippen LogP contribution in [-0.4, -0.2) is 18.0 Å². The number of non-ortho nitro benzene ring substituents is 1. The molecule has 3 aromatic carbocycles. The summed E-state index contributed by atoms with van der Waals surface area (Å²) in [5.74, 6) is 5.55. The Hall–Kier alpha value is -4.11. The van der Waals surface area contributed by atoms with E-state index in [0.29, 0.717) is 5.56 Å². The van der Waals surface area contributed by atoms with Crippen molar-refractivity contribution in [2.45, 2.75) is 6.04 Å². The van der Waals surface area contributed by atoms with Crippen molar-refractivity contribution >= 4 is 17.3 Å². The van der Waals surface area contributed by atoms with Gasteiger partial charge in [-0.3, -0.25) is 10.1 Å². The van der Waals surface area contributed by atoms with E-state index >= 15 is 0 Å². The first kappa shape index (κ1) is 19.6. The monoisotopic (exact) mass is 386 g/mol. The van der Waals surface area contributed by atoms with Gasteiger partial charge in [0.1, 0.15) is 6.04 Å². The van der Waals surface area contributed by atoms with Crippen LogP contribution in [0.25, 0.3) is 0 Å². The first-order chi connectivity index (χ1) is 14.1. The van der Waals surface area contributed by atoms with E-state index in [2.05, 4.69) is 17.2 Å². The molecule has 0 bridgehead atoms. The van der Waals surface area contributed by atoms with E-state index in [1.165, 1.54) is 25.3 Å². The number of para-hydroxylation sites is 1. The molecule has 0 saturated heterocycles. The molecule has 6 heteroatoms. The van der Waals surface area contributed by atoms with Gasteiger partial charge in [0, 0.05) is 28.9 Å². The number of benzene rings is 3. The standard InChI is InChI=1S/C23H18N2O4/c1-29-23(26)21-16-19(25(27)28)13-14-20(21)22(24-18-10-6-3-7-11-18)15-12-17-8-4-2-5-9-17/h2-11,13-14,16,22,24H,1H3/t22-/m0/s1. The summed E-state index contributed by atoms with van der Waals surface area (Å²) in [6.45, 7) is 0. The minimum absolute atomic E-state index is 0.0949. The molecule has 144 valence electrons. The van der Waals surface area contributed by atoms with Gasteiger partial charge in [-0.2, -0.15) is 0 Å². The Balaban J connectivity index is 2.09. The first-order valence-electron chi connectivity index (χ1n) is 8.83. The van der Waals surface area contributed by atoms with Crippen LogP contribution >= 0.6 is 0 Å². The largest absolute Gasteiger partial charge is 0.465 e. The highest BCUT2D eigenvalue weighted by molar-refractivity contribution is 5.92. The van der Waals surface area contributed by atoms with Gasteiger partial charge in [0.15, 0.2) is 0 Å². The number of nitro benzene ring substituents is 1. The molecule has 0 aliphatic rings. The van der Waals surface area contributed by atoms with Crippen molar-refractivity contribution in [2.75, 3.05) is 12.4 Å². The number of methoxy groups -OCH3 is 1. The van der Waals surface area contributed by atoms with Crippen LogP contribution < -0.4 is 5.32 Å². The van der Waals surface area contributed by atoms with Crippen molar-refractivity contribution in [3.05, 3.63) is 106 Å². The highest BCUT2D eigenvalue weighted by Gasteiger charge is 2.22. The van der Waals surface area contributed by atoms with E-state index in [4.69, 9.17) is 4.74 Å². The summed E-state index contributed by atoms with van der Waals surface area (Å²) in [7, 11) is 1.24. The van der Waals surface area contributed by atoms with Crippen LogP contribution in [0, 0.1) is 22.0 Å². The van der Waals surface area contributed by atoms with Crippen LogP contribution in [-0.2, 0) is 4.74 Å². The SMILES string of the molecule is COC(=O)c1cc([N+](=O)[O-])ccc1[C@H](C#Cc1ccccc1)Nc1ccccc1. The number of nitrogens with zero attached hydrogens (tertiary/aromatic N) is 1. The number of esters is 1. The second kappa shape index (κ2) is 9.20. The number of carbonyl (C=O) groups excluding carboxylic acids is 1. The van der Waals surface area contributed by atoms with Gasteiger partial charge in [-0.05, 0) is 30.3 Å². The van der Waals surface area contributed by atoms with Crippen LogP contribution in [0.3, 0.4) is 0 Å². The van der Waals surface area contributed by atoms with Crippen molar-refractivity contribution in [2.24, 2.45) is 0 Å². The highest BCUT2D eigenvalue weighted by Crippen LogP contribution is 2.27. The van der Waals surface area contributed by atoms with E-state index < -0.39 is 16.9 Å². The number of carbonyl (C=O) groups is 1. The predicted octanol–water partition coefficient (Wildman–Crippen LogP) is 4.59. The van der Waals surface area contributed by atoms with E-state index in [1.807, 2.05) is 60.7 Å². The number of rotatable bonds is 5. The number of hydrogen-bond acceptors (Lipinski definition) is 5. The van der Waals surface area contributed by atoms with Crippen molar-refractivity contribution in [3.8, 4) is 11.8 Å². The van der Waals surface area contributed by atoms with Crippen LogP contribution in [0.15, 0.2) is 78.9 Å². The zero-order valence-electron chi connectivity index (χ0n) is 15.7. The Morgan fingerprint density at radius 2 is 1.69 bits per heavy atom. The zero-order valence-corrected chi connectivity index (χ0v) is 15.7. The van der Waals surface area contributed by atoms with Crippen molar-refractivity contribution in [3.63, 3.8) is 0 Å². The molecule has 3 rings (SSSR count). The molecule has 1 atom stereocenters. The van der Waals surface area contributed by atoms with Crippen LogP contribution in [0.2, 0.25) is 0 Å². The minimum Gasteiger partial charge on any atom is -0.465 e. The van der Waals surface area contributed by atoms with Gasteiger partial charge in [0.25, 0.3) is 5.69 Å². The van der Waals surface area contributed by atoms with Gasteiger partial charge >= 0.3 is 5.97 Å². The summed E-state index contributed by atoms with van der Waals surface area (Å²) < 4.78 is 4.84. The average Bonchev–Trinajstić information content (AvgIpc) is 2.77. The van der Waals surface area contributed by atoms with Crippen LogP contribution in [0.1, 0.15) is 27.5 Å². The lowest BCUT2D eigenvalue weighted by Gasteiger charge is -2.17. The first-order valence-corrected chi connectivity index (χ1v) is 8.83. The molecule has 0 fully saturated rings. The van der Waals surface area contributed by atoms with Crippen molar-refractivity contribution < 1.29 is 14.5 Å². The fraction of sp³-hybridized carbons (Fsp3) is 0.0870. The molecule has 0 heterocycles. The van der Waals surface area contributed by atoms with Gasteiger partial charge in [-0.15, -0.1) is 0 Å². The van der Waals surface area contributed by atoms with Gasteiger partial charge in [0.2, 0.25) is 0 Å². The van der Waals surface area contributed by atoms with Crippen LogP contribution in [0.4, 0.5) is 11.4 Å². The fourth-order valence-electron chi connectivity index (χ4n) is 2.77. The molecule has 1 N–H and O–H groups in total. The van der Waals surface area contributed by atoms with Crippen molar-refractivity contribution in [1.29, 1.82) is 0 Å². The molecule has 0 unspecified atom stereocenters. The second-order valence-electron chi connectivity index (χ2n) is 6.10. The molecular weight excluding hydrogens is 368 g/mol. The van der Waals surface area contributed by atoms with Gasteiger partial charge < -0.3 is 10.1 Å². The maximum absolute atomic E-state index is 12.3. The summed E-state index contributed by atoms with van der Waals surface area (Å²) in [6.07, 6.45) is 0. The summed E-state index contributed by atoms with van der Waals surface area (Å²) in [6, 6.07) is 22.3. The predicted molar refractivity (Wildman–Crippen MR) is 111 cm³/mol. The van der Waals surface area contributed by atoms with E-state index in [0.717, 1.165) is 11.3 Å². The van der Waals surface area contributed by atoms with Crippen molar-refractivity contribution in [1.82, 2.24) is 0 Å². The number of hydrogen-bond donors (Lipinski definition) is 1. The highest BCUT2D eigenvalue weighted by atomic mass is 16.6. The third-order valence-electron chi connectivity index (χ3n) is 4.18. The van der Waals surface area contributed by atoms with E-state index in [9.17, 15) is 14.9 Å². The molecule has 0 spiro atoms. The number of nitro groups is 1. The Kier molecular flexibility index (Phi) is 6.23.